The summed E-state index contributed by atoms with van der Waals surface area (Å²) in [4.78, 5) is 5.17. The summed E-state index contributed by atoms with van der Waals surface area (Å²) in [5, 5.41) is 0. The summed E-state index contributed by atoms with van der Waals surface area (Å²) in [5.41, 5.74) is 2.71. The maximum Gasteiger partial charge on any atom is 0.0233 e. The summed E-state index contributed by atoms with van der Waals surface area (Å²) in [6.07, 6.45) is 2.57. The van der Waals surface area contributed by atoms with Crippen LogP contribution in [0.25, 0.3) is 0 Å². The fraction of sp³-hybridized carbons (Fsp3) is 0.556. The zero-order valence-corrected chi connectivity index (χ0v) is 13.0. The van der Waals surface area contributed by atoms with Crippen LogP contribution >= 0.6 is 0 Å². The number of nitrogens with zero attached hydrogens (tertiary/aromatic N) is 2. The molecule has 0 unspecified atom stereocenters. The summed E-state index contributed by atoms with van der Waals surface area (Å²) < 4.78 is 0. The van der Waals surface area contributed by atoms with Gasteiger partial charge < -0.3 is 0 Å². The molecule has 110 valence electrons. The first-order chi connectivity index (χ1) is 9.69. The van der Waals surface area contributed by atoms with Crippen molar-refractivity contribution in [1.82, 2.24) is 9.80 Å². The molecule has 0 atom stereocenters. The van der Waals surface area contributed by atoms with Crippen LogP contribution in [0, 0.1) is 0 Å². The van der Waals surface area contributed by atoms with Crippen molar-refractivity contribution in [1.29, 1.82) is 0 Å². The van der Waals surface area contributed by atoms with Gasteiger partial charge in [-0.15, -0.1) is 0 Å². The molecule has 0 aromatic heterocycles. The van der Waals surface area contributed by atoms with Crippen molar-refractivity contribution in [3.63, 3.8) is 0 Å². The van der Waals surface area contributed by atoms with Crippen LogP contribution in [0.4, 0.5) is 0 Å². The smallest absolute Gasteiger partial charge is 0.0233 e. The quantitative estimate of drug-likeness (QED) is 0.731. The number of benzene rings is 1. The molecule has 0 radical (unpaired) electrons. The number of hydrogen-bond acceptors (Lipinski definition) is 2. The molecule has 20 heavy (non-hydrogen) atoms. The molecule has 2 heteroatoms. The molecule has 0 amide bonds. The van der Waals surface area contributed by atoms with E-state index >= 15 is 0 Å². The van der Waals surface area contributed by atoms with Crippen molar-refractivity contribution in [2.45, 2.75) is 39.3 Å². The fourth-order valence-corrected chi connectivity index (χ4v) is 3.13. The van der Waals surface area contributed by atoms with Gasteiger partial charge in [-0.1, -0.05) is 49.4 Å². The summed E-state index contributed by atoms with van der Waals surface area (Å²) in [5.74, 6) is 0. The number of likely N-dealkylation sites (N-methyl/N-ethyl adjacent to an activating group) is 1. The van der Waals surface area contributed by atoms with Gasteiger partial charge in [0, 0.05) is 19.1 Å². The molecule has 1 aliphatic heterocycles. The Balaban J connectivity index is 1.81. The molecule has 1 saturated heterocycles. The van der Waals surface area contributed by atoms with E-state index in [1.54, 1.807) is 0 Å². The number of piperidine rings is 1. The molecule has 0 spiro atoms. The summed E-state index contributed by atoms with van der Waals surface area (Å²) in [6, 6.07) is 11.6. The molecule has 2 nitrogen and oxygen atoms in total. The fourth-order valence-electron chi connectivity index (χ4n) is 3.13. The molecule has 1 aromatic rings. The molecule has 0 N–H and O–H groups in total. The minimum atomic E-state index is 0.740. The van der Waals surface area contributed by atoms with E-state index < -0.39 is 0 Å². The first kappa shape index (κ1) is 15.3. The maximum absolute atomic E-state index is 4.06. The molecule has 1 aliphatic rings. The molecule has 2 rings (SSSR count). The maximum atomic E-state index is 4.06. The van der Waals surface area contributed by atoms with E-state index in [4.69, 9.17) is 0 Å². The Bertz CT molecular complexity index is 405. The molecular formula is C18H28N2. The molecule has 0 aliphatic carbocycles. The number of likely N-dealkylation sites (tertiary alicyclic amines) is 1. The van der Waals surface area contributed by atoms with Crippen LogP contribution < -0.4 is 0 Å². The van der Waals surface area contributed by atoms with E-state index in [2.05, 4.69) is 60.6 Å². The van der Waals surface area contributed by atoms with E-state index in [0.29, 0.717) is 0 Å². The molecule has 0 bridgehead atoms. The highest BCUT2D eigenvalue weighted by Crippen LogP contribution is 2.19. The van der Waals surface area contributed by atoms with E-state index in [-0.39, 0.29) is 0 Å². The summed E-state index contributed by atoms with van der Waals surface area (Å²) >= 11 is 0. The van der Waals surface area contributed by atoms with Crippen LogP contribution in [0.5, 0.6) is 0 Å². The van der Waals surface area contributed by atoms with Crippen molar-refractivity contribution in [2.75, 3.05) is 26.2 Å². The highest BCUT2D eigenvalue weighted by molar-refractivity contribution is 5.14. The first-order valence-corrected chi connectivity index (χ1v) is 7.83. The van der Waals surface area contributed by atoms with E-state index in [9.17, 15) is 0 Å². The number of hydrogen-bond donors (Lipinski definition) is 0. The Kier molecular flexibility index (Phi) is 5.81. The minimum absolute atomic E-state index is 0.740. The second-order valence-electron chi connectivity index (χ2n) is 6.01. The Morgan fingerprint density at radius 2 is 1.90 bits per heavy atom. The van der Waals surface area contributed by atoms with Gasteiger partial charge in [0.15, 0.2) is 0 Å². The van der Waals surface area contributed by atoms with Crippen LogP contribution in [0.2, 0.25) is 0 Å². The standard InChI is InChI=1S/C18H28N2/c1-4-20(14-16(2)3)18-10-12-19(13-11-18)15-17-8-6-5-7-9-17/h5-9,18H,2,4,10-15H2,1,3H3. The lowest BCUT2D eigenvalue weighted by Crippen LogP contribution is -2.45. The molecule has 1 heterocycles. The SMILES string of the molecule is C=C(C)CN(CC)C1CCN(Cc2ccccc2)CC1. The Morgan fingerprint density at radius 3 is 2.45 bits per heavy atom. The van der Waals surface area contributed by atoms with E-state index in [0.717, 1.165) is 25.7 Å². The molecular weight excluding hydrogens is 244 g/mol. The van der Waals surface area contributed by atoms with Crippen molar-refractivity contribution in [3.05, 3.63) is 48.0 Å². The van der Waals surface area contributed by atoms with Gasteiger partial charge in [0.2, 0.25) is 0 Å². The monoisotopic (exact) mass is 272 g/mol. The van der Waals surface area contributed by atoms with Crippen LogP contribution in [-0.4, -0.2) is 42.0 Å². The Labute approximate surface area is 124 Å². The van der Waals surface area contributed by atoms with Crippen LogP contribution in [0.1, 0.15) is 32.3 Å². The molecule has 1 fully saturated rings. The van der Waals surface area contributed by atoms with Gasteiger partial charge in [0.1, 0.15) is 0 Å². The van der Waals surface area contributed by atoms with Crippen molar-refractivity contribution in [3.8, 4) is 0 Å². The summed E-state index contributed by atoms with van der Waals surface area (Å²) in [7, 11) is 0. The predicted molar refractivity (Wildman–Crippen MR) is 86.8 cm³/mol. The first-order valence-electron chi connectivity index (χ1n) is 7.83. The van der Waals surface area contributed by atoms with Crippen molar-refractivity contribution >= 4 is 0 Å². The lowest BCUT2D eigenvalue weighted by atomic mass is 10.0. The molecule has 0 saturated carbocycles. The van der Waals surface area contributed by atoms with Gasteiger partial charge >= 0.3 is 0 Å². The van der Waals surface area contributed by atoms with Crippen molar-refractivity contribution < 1.29 is 0 Å². The van der Waals surface area contributed by atoms with Gasteiger partial charge in [-0.25, -0.2) is 0 Å². The molecule has 1 aromatic carbocycles. The zero-order valence-electron chi connectivity index (χ0n) is 13.0. The van der Waals surface area contributed by atoms with Crippen molar-refractivity contribution in [2.24, 2.45) is 0 Å². The second-order valence-corrected chi connectivity index (χ2v) is 6.01. The third kappa shape index (κ3) is 4.46. The summed E-state index contributed by atoms with van der Waals surface area (Å²) in [6.45, 7) is 14.2. The normalized spacial score (nSPS) is 17.6. The third-order valence-electron chi connectivity index (χ3n) is 4.20. The van der Waals surface area contributed by atoms with E-state index in [1.165, 1.54) is 37.1 Å². The van der Waals surface area contributed by atoms with Gasteiger partial charge in [0.25, 0.3) is 0 Å². The third-order valence-corrected chi connectivity index (χ3v) is 4.20. The van der Waals surface area contributed by atoms with Crippen LogP contribution in [-0.2, 0) is 6.54 Å². The van der Waals surface area contributed by atoms with Gasteiger partial charge in [0.05, 0.1) is 0 Å². The Hall–Kier alpha value is -1.12. The largest absolute Gasteiger partial charge is 0.299 e. The highest BCUT2D eigenvalue weighted by Gasteiger charge is 2.23. The Morgan fingerprint density at radius 1 is 1.25 bits per heavy atom. The predicted octanol–water partition coefficient (Wildman–Crippen LogP) is 3.55. The van der Waals surface area contributed by atoms with Crippen LogP contribution in [0.15, 0.2) is 42.5 Å². The second kappa shape index (κ2) is 7.61. The lowest BCUT2D eigenvalue weighted by molar-refractivity contribution is 0.115. The minimum Gasteiger partial charge on any atom is -0.299 e. The van der Waals surface area contributed by atoms with Gasteiger partial charge in [-0.2, -0.15) is 0 Å². The topological polar surface area (TPSA) is 6.48 Å². The van der Waals surface area contributed by atoms with Crippen LogP contribution in [0.3, 0.4) is 0 Å². The lowest BCUT2D eigenvalue weighted by Gasteiger charge is -2.38. The van der Waals surface area contributed by atoms with Gasteiger partial charge in [-0.05, 0) is 45.0 Å². The van der Waals surface area contributed by atoms with E-state index in [1.807, 2.05) is 0 Å². The highest BCUT2D eigenvalue weighted by atomic mass is 15.2. The van der Waals surface area contributed by atoms with Gasteiger partial charge in [-0.3, -0.25) is 9.80 Å². The zero-order chi connectivity index (χ0) is 14.4. The number of rotatable bonds is 6. The average Bonchev–Trinajstić information content (AvgIpc) is 2.46. The average molecular weight is 272 g/mol.